The lowest BCUT2D eigenvalue weighted by atomic mass is 9.56. The standard InChI is InChI=1S/C30H40N2O4/c1-21(2)19-32(29(34)23-10-7-6-8-11-23)25-17-28(36-22(3)33)27-20-31(4)15-14-30(27,18-25)24-12-9-13-26(16-24)35-5/h6-13,16,21,25,27-28H,14-15,17-20H2,1-5H3. The number of carbonyl (C=O) groups excluding carboxylic acids is 2. The highest BCUT2D eigenvalue weighted by molar-refractivity contribution is 5.94. The van der Waals surface area contributed by atoms with E-state index in [1.807, 2.05) is 47.4 Å². The summed E-state index contributed by atoms with van der Waals surface area (Å²) < 4.78 is 11.6. The lowest BCUT2D eigenvalue weighted by Gasteiger charge is -2.56. The van der Waals surface area contributed by atoms with E-state index in [1.165, 1.54) is 12.5 Å². The normalized spacial score (nSPS) is 26.2. The summed E-state index contributed by atoms with van der Waals surface area (Å²) >= 11 is 0. The van der Waals surface area contributed by atoms with Gasteiger partial charge >= 0.3 is 5.97 Å². The Labute approximate surface area is 215 Å². The molecule has 1 heterocycles. The van der Waals surface area contributed by atoms with Crippen LogP contribution in [0.1, 0.15) is 56.0 Å². The molecule has 36 heavy (non-hydrogen) atoms. The van der Waals surface area contributed by atoms with Crippen molar-refractivity contribution in [2.24, 2.45) is 11.8 Å². The highest BCUT2D eigenvalue weighted by Crippen LogP contribution is 2.51. The van der Waals surface area contributed by atoms with E-state index < -0.39 is 0 Å². The van der Waals surface area contributed by atoms with Crippen molar-refractivity contribution in [3.8, 4) is 5.75 Å². The van der Waals surface area contributed by atoms with Crippen LogP contribution in [0.5, 0.6) is 5.75 Å². The van der Waals surface area contributed by atoms with Crippen LogP contribution < -0.4 is 4.74 Å². The molecule has 4 atom stereocenters. The summed E-state index contributed by atoms with van der Waals surface area (Å²) in [5, 5.41) is 0. The van der Waals surface area contributed by atoms with E-state index in [0.717, 1.165) is 31.7 Å². The van der Waals surface area contributed by atoms with Crippen molar-refractivity contribution in [2.75, 3.05) is 33.8 Å². The third-order valence-corrected chi connectivity index (χ3v) is 7.96. The van der Waals surface area contributed by atoms with Crippen LogP contribution in [-0.2, 0) is 14.9 Å². The lowest BCUT2D eigenvalue weighted by Crippen LogP contribution is -2.62. The number of carbonyl (C=O) groups is 2. The van der Waals surface area contributed by atoms with Gasteiger partial charge in [0.1, 0.15) is 11.9 Å². The first-order valence-electron chi connectivity index (χ1n) is 13.1. The molecule has 2 fully saturated rings. The zero-order valence-electron chi connectivity index (χ0n) is 22.3. The second kappa shape index (κ2) is 11.0. The second-order valence-corrected chi connectivity index (χ2v) is 11.0. The van der Waals surface area contributed by atoms with Gasteiger partial charge in [-0.25, -0.2) is 0 Å². The Kier molecular flexibility index (Phi) is 8.04. The maximum Gasteiger partial charge on any atom is 0.302 e. The Hall–Kier alpha value is -2.86. The van der Waals surface area contributed by atoms with Gasteiger partial charge in [0.15, 0.2) is 0 Å². The largest absolute Gasteiger partial charge is 0.497 e. The van der Waals surface area contributed by atoms with Crippen LogP contribution >= 0.6 is 0 Å². The molecule has 1 saturated heterocycles. The van der Waals surface area contributed by atoms with E-state index in [0.29, 0.717) is 24.4 Å². The molecule has 2 aliphatic rings. The van der Waals surface area contributed by atoms with E-state index in [-0.39, 0.29) is 35.4 Å². The Morgan fingerprint density at radius 3 is 2.56 bits per heavy atom. The number of esters is 1. The number of nitrogens with zero attached hydrogens (tertiary/aromatic N) is 2. The molecule has 0 N–H and O–H groups in total. The van der Waals surface area contributed by atoms with Crippen LogP contribution in [0.15, 0.2) is 54.6 Å². The van der Waals surface area contributed by atoms with Crippen LogP contribution in [-0.4, -0.2) is 67.6 Å². The molecule has 194 valence electrons. The van der Waals surface area contributed by atoms with Crippen molar-refractivity contribution in [1.29, 1.82) is 0 Å². The first kappa shape index (κ1) is 26.2. The quantitative estimate of drug-likeness (QED) is 0.521. The number of hydrogen-bond donors (Lipinski definition) is 0. The number of amides is 1. The lowest BCUT2D eigenvalue weighted by molar-refractivity contribution is -0.158. The van der Waals surface area contributed by atoms with Gasteiger partial charge in [0, 0.05) is 49.4 Å². The zero-order chi connectivity index (χ0) is 25.9. The van der Waals surface area contributed by atoms with Crippen molar-refractivity contribution in [1.82, 2.24) is 9.80 Å². The summed E-state index contributed by atoms with van der Waals surface area (Å²) in [6.07, 6.45) is 2.15. The van der Waals surface area contributed by atoms with Crippen molar-refractivity contribution < 1.29 is 19.1 Å². The summed E-state index contributed by atoms with van der Waals surface area (Å²) in [5.41, 5.74) is 1.68. The van der Waals surface area contributed by atoms with Gasteiger partial charge in [0.05, 0.1) is 7.11 Å². The molecule has 0 radical (unpaired) electrons. The number of rotatable bonds is 7. The SMILES string of the molecule is COc1cccc(C23CCN(C)CC2C(OC(C)=O)CC(N(CC(C)C)C(=O)c2ccccc2)C3)c1. The van der Waals surface area contributed by atoms with E-state index in [4.69, 9.17) is 9.47 Å². The molecule has 2 aromatic rings. The minimum absolute atomic E-state index is 0.0445. The van der Waals surface area contributed by atoms with Crippen LogP contribution in [0.2, 0.25) is 0 Å². The molecular weight excluding hydrogens is 452 g/mol. The number of likely N-dealkylation sites (tertiary alicyclic amines) is 1. The molecule has 1 aliphatic carbocycles. The van der Waals surface area contributed by atoms with Gasteiger partial charge in [-0.15, -0.1) is 0 Å². The highest BCUT2D eigenvalue weighted by Gasteiger charge is 2.54. The van der Waals surface area contributed by atoms with E-state index in [2.05, 4.69) is 37.9 Å². The van der Waals surface area contributed by atoms with Gasteiger partial charge in [0.2, 0.25) is 0 Å². The van der Waals surface area contributed by atoms with Crippen LogP contribution in [0.3, 0.4) is 0 Å². The molecule has 4 rings (SSSR count). The molecule has 4 unspecified atom stereocenters. The van der Waals surface area contributed by atoms with Crippen LogP contribution in [0, 0.1) is 11.8 Å². The van der Waals surface area contributed by atoms with E-state index >= 15 is 0 Å². The number of methoxy groups -OCH3 is 1. The van der Waals surface area contributed by atoms with Gasteiger partial charge in [-0.3, -0.25) is 9.59 Å². The van der Waals surface area contributed by atoms with E-state index in [1.54, 1.807) is 7.11 Å². The smallest absolute Gasteiger partial charge is 0.302 e. The van der Waals surface area contributed by atoms with Crippen molar-refractivity contribution in [3.05, 3.63) is 65.7 Å². The monoisotopic (exact) mass is 492 g/mol. The number of hydrogen-bond acceptors (Lipinski definition) is 5. The average Bonchev–Trinajstić information content (AvgIpc) is 2.87. The molecule has 2 aromatic carbocycles. The Bertz CT molecular complexity index is 1060. The Morgan fingerprint density at radius 1 is 1.14 bits per heavy atom. The topological polar surface area (TPSA) is 59.1 Å². The molecule has 1 saturated carbocycles. The summed E-state index contributed by atoms with van der Waals surface area (Å²) in [7, 11) is 3.83. The third-order valence-electron chi connectivity index (χ3n) is 7.96. The van der Waals surface area contributed by atoms with Crippen molar-refractivity contribution >= 4 is 11.9 Å². The number of ether oxygens (including phenoxy) is 2. The molecule has 0 bridgehead atoms. The molecule has 0 aromatic heterocycles. The molecule has 1 aliphatic heterocycles. The van der Waals surface area contributed by atoms with Crippen molar-refractivity contribution in [2.45, 2.75) is 57.6 Å². The fourth-order valence-electron chi connectivity index (χ4n) is 6.37. The summed E-state index contributed by atoms with van der Waals surface area (Å²) in [4.78, 5) is 30.5. The number of fused-ring (bicyclic) bond motifs is 1. The minimum atomic E-state index is -0.270. The third kappa shape index (κ3) is 5.44. The molecule has 0 spiro atoms. The van der Waals surface area contributed by atoms with Gasteiger partial charge < -0.3 is 19.3 Å². The minimum Gasteiger partial charge on any atom is -0.497 e. The van der Waals surface area contributed by atoms with Gasteiger partial charge in [-0.05, 0) is 62.2 Å². The summed E-state index contributed by atoms with van der Waals surface area (Å²) in [6.45, 7) is 8.23. The molecule has 1 amide bonds. The Morgan fingerprint density at radius 2 is 1.89 bits per heavy atom. The zero-order valence-corrected chi connectivity index (χ0v) is 22.3. The van der Waals surface area contributed by atoms with Crippen molar-refractivity contribution in [3.63, 3.8) is 0 Å². The highest BCUT2D eigenvalue weighted by atomic mass is 16.5. The predicted molar refractivity (Wildman–Crippen MR) is 141 cm³/mol. The summed E-state index contributed by atoms with van der Waals surface area (Å²) in [6, 6.07) is 17.8. The van der Waals surface area contributed by atoms with Gasteiger partial charge in [0.25, 0.3) is 5.91 Å². The number of piperidine rings is 1. The summed E-state index contributed by atoms with van der Waals surface area (Å²) in [5.74, 6) is 1.05. The number of benzene rings is 2. The maximum atomic E-state index is 13.9. The molecule has 6 heteroatoms. The maximum absolute atomic E-state index is 13.9. The molecular formula is C30H40N2O4. The first-order chi connectivity index (χ1) is 17.2. The Balaban J connectivity index is 1.80. The van der Waals surface area contributed by atoms with Crippen LogP contribution in [0.25, 0.3) is 0 Å². The predicted octanol–water partition coefficient (Wildman–Crippen LogP) is 4.78. The fourth-order valence-corrected chi connectivity index (χ4v) is 6.37. The van der Waals surface area contributed by atoms with Crippen LogP contribution in [0.4, 0.5) is 0 Å². The van der Waals surface area contributed by atoms with Gasteiger partial charge in [-0.2, -0.15) is 0 Å². The molecule has 6 nitrogen and oxygen atoms in total. The first-order valence-corrected chi connectivity index (χ1v) is 13.1. The van der Waals surface area contributed by atoms with E-state index in [9.17, 15) is 9.59 Å². The fraction of sp³-hybridized carbons (Fsp3) is 0.533. The second-order valence-electron chi connectivity index (χ2n) is 11.0. The van der Waals surface area contributed by atoms with Gasteiger partial charge in [-0.1, -0.05) is 44.2 Å². The average molecular weight is 493 g/mol.